The van der Waals surface area contributed by atoms with Gasteiger partial charge in [-0.05, 0) is 0 Å². The van der Waals surface area contributed by atoms with E-state index < -0.39 is 28.8 Å². The lowest BCUT2D eigenvalue weighted by Gasteiger charge is -2.06. The molecule has 7 heteroatoms. The molecule has 0 fully saturated rings. The summed E-state index contributed by atoms with van der Waals surface area (Å²) < 4.78 is 39.3. The molecule has 0 saturated carbocycles. The topological polar surface area (TPSA) is 74.9 Å². The normalized spacial score (nSPS) is 10.7. The van der Waals surface area contributed by atoms with Crippen LogP contribution in [0.4, 0.5) is 19.0 Å². The monoisotopic (exact) mass is 229 g/mol. The number of nitrogens with two attached hydrogens (primary N) is 1. The van der Waals surface area contributed by atoms with Crippen LogP contribution >= 0.6 is 0 Å². The van der Waals surface area contributed by atoms with Gasteiger partial charge in [0.1, 0.15) is 5.82 Å². The fourth-order valence-electron chi connectivity index (χ4n) is 1.33. The molecule has 1 aromatic carbocycles. The molecule has 1 aromatic heterocycles. The predicted molar refractivity (Wildman–Crippen MR) is 50.0 cm³/mol. The lowest BCUT2D eigenvalue weighted by molar-refractivity contribution is 0.416. The van der Waals surface area contributed by atoms with Gasteiger partial charge in [0.25, 0.3) is 0 Å². The molecule has 0 aliphatic rings. The second-order valence-corrected chi connectivity index (χ2v) is 3.08. The number of aromatic amines is 1. The summed E-state index contributed by atoms with van der Waals surface area (Å²) in [6, 6.07) is 0.254. The Kier molecular flexibility index (Phi) is 2.22. The Morgan fingerprint density at radius 2 is 1.94 bits per heavy atom. The molecule has 2 aromatic rings. The molecule has 0 radical (unpaired) electrons. The quantitative estimate of drug-likeness (QED) is 0.652. The molecule has 2 rings (SSSR count). The number of phenolic OH excluding ortho intramolecular Hbond substituents is 1. The number of rotatable bonds is 1. The van der Waals surface area contributed by atoms with E-state index in [0.29, 0.717) is 0 Å². The maximum Gasteiger partial charge on any atom is 0.170 e. The van der Waals surface area contributed by atoms with E-state index in [4.69, 9.17) is 5.73 Å². The summed E-state index contributed by atoms with van der Waals surface area (Å²) in [5.74, 6) is -5.17. The second kappa shape index (κ2) is 3.44. The van der Waals surface area contributed by atoms with Crippen molar-refractivity contribution in [3.8, 4) is 16.9 Å². The molecule has 16 heavy (non-hydrogen) atoms. The van der Waals surface area contributed by atoms with Crippen LogP contribution in [0.5, 0.6) is 5.75 Å². The maximum atomic E-state index is 13.4. The van der Waals surface area contributed by atoms with E-state index >= 15 is 0 Å². The Morgan fingerprint density at radius 3 is 2.50 bits per heavy atom. The SMILES string of the molecule is Nc1[nH]ncc1-c1c(O)c(F)cc(F)c1F. The maximum absolute atomic E-state index is 13.4. The molecule has 0 amide bonds. The fraction of sp³-hybridized carbons (Fsp3) is 0. The highest BCUT2D eigenvalue weighted by Crippen LogP contribution is 2.37. The first kappa shape index (κ1) is 10.3. The summed E-state index contributed by atoms with van der Waals surface area (Å²) in [4.78, 5) is 0. The van der Waals surface area contributed by atoms with Crippen molar-refractivity contribution in [3.63, 3.8) is 0 Å². The van der Waals surface area contributed by atoms with E-state index in [1.165, 1.54) is 0 Å². The number of aromatic nitrogens is 2. The molecular weight excluding hydrogens is 223 g/mol. The van der Waals surface area contributed by atoms with Crippen molar-refractivity contribution in [2.45, 2.75) is 0 Å². The van der Waals surface area contributed by atoms with Crippen LogP contribution in [0.15, 0.2) is 12.3 Å². The van der Waals surface area contributed by atoms with E-state index in [9.17, 15) is 18.3 Å². The molecule has 0 atom stereocenters. The number of nitrogens with zero attached hydrogens (tertiary/aromatic N) is 1. The first-order chi connectivity index (χ1) is 7.52. The number of benzene rings is 1. The first-order valence-corrected chi connectivity index (χ1v) is 4.18. The van der Waals surface area contributed by atoms with E-state index in [-0.39, 0.29) is 17.4 Å². The summed E-state index contributed by atoms with van der Waals surface area (Å²) in [5.41, 5.74) is 4.62. The lowest BCUT2D eigenvalue weighted by atomic mass is 10.1. The number of hydrogen-bond acceptors (Lipinski definition) is 3. The van der Waals surface area contributed by atoms with Crippen LogP contribution in [-0.2, 0) is 0 Å². The van der Waals surface area contributed by atoms with Crippen molar-refractivity contribution in [2.24, 2.45) is 0 Å². The van der Waals surface area contributed by atoms with Gasteiger partial charge in [-0.2, -0.15) is 5.10 Å². The average Bonchev–Trinajstić information content (AvgIpc) is 2.63. The van der Waals surface area contributed by atoms with E-state index in [2.05, 4.69) is 10.2 Å². The number of anilines is 1. The molecule has 1 heterocycles. The van der Waals surface area contributed by atoms with Gasteiger partial charge in [0.15, 0.2) is 23.2 Å². The van der Waals surface area contributed by atoms with Crippen LogP contribution in [0.3, 0.4) is 0 Å². The van der Waals surface area contributed by atoms with Crippen molar-refractivity contribution < 1.29 is 18.3 Å². The van der Waals surface area contributed by atoms with E-state index in [1.807, 2.05) is 0 Å². The van der Waals surface area contributed by atoms with Crippen LogP contribution < -0.4 is 5.73 Å². The summed E-state index contributed by atoms with van der Waals surface area (Å²) in [6.45, 7) is 0. The molecule has 4 N–H and O–H groups in total. The molecule has 0 spiro atoms. The minimum atomic E-state index is -1.41. The molecule has 4 nitrogen and oxygen atoms in total. The van der Waals surface area contributed by atoms with Crippen molar-refractivity contribution in [2.75, 3.05) is 5.73 Å². The summed E-state index contributed by atoms with van der Waals surface area (Å²) >= 11 is 0. The van der Waals surface area contributed by atoms with Crippen molar-refractivity contribution in [1.29, 1.82) is 0 Å². The molecule has 0 unspecified atom stereocenters. The van der Waals surface area contributed by atoms with Gasteiger partial charge in [-0.15, -0.1) is 0 Å². The van der Waals surface area contributed by atoms with E-state index in [0.717, 1.165) is 6.20 Å². The van der Waals surface area contributed by atoms with Crippen LogP contribution in [-0.4, -0.2) is 15.3 Å². The number of nitrogen functional groups attached to an aromatic ring is 1. The summed E-state index contributed by atoms with van der Waals surface area (Å²) in [6.07, 6.45) is 1.06. The molecular formula is C9H6F3N3O. The van der Waals surface area contributed by atoms with Crippen LogP contribution in [0.1, 0.15) is 0 Å². The zero-order valence-corrected chi connectivity index (χ0v) is 7.76. The van der Waals surface area contributed by atoms with Gasteiger partial charge < -0.3 is 10.8 Å². The van der Waals surface area contributed by atoms with Crippen LogP contribution in [0.25, 0.3) is 11.1 Å². The average molecular weight is 229 g/mol. The molecule has 0 aliphatic carbocycles. The third kappa shape index (κ3) is 1.37. The third-order valence-corrected chi connectivity index (χ3v) is 2.08. The zero-order valence-electron chi connectivity index (χ0n) is 7.76. The number of nitrogens with one attached hydrogen (secondary N) is 1. The molecule has 84 valence electrons. The van der Waals surface area contributed by atoms with Gasteiger partial charge in [-0.3, -0.25) is 5.10 Å². The van der Waals surface area contributed by atoms with Crippen molar-refractivity contribution in [1.82, 2.24) is 10.2 Å². The third-order valence-electron chi connectivity index (χ3n) is 2.08. The lowest BCUT2D eigenvalue weighted by Crippen LogP contribution is -1.96. The fourth-order valence-corrected chi connectivity index (χ4v) is 1.33. The van der Waals surface area contributed by atoms with Crippen LogP contribution in [0, 0.1) is 17.5 Å². The molecule has 0 saturated heterocycles. The Balaban J connectivity index is 2.79. The van der Waals surface area contributed by atoms with Gasteiger partial charge in [-0.1, -0.05) is 0 Å². The van der Waals surface area contributed by atoms with Gasteiger partial charge >= 0.3 is 0 Å². The largest absolute Gasteiger partial charge is 0.504 e. The summed E-state index contributed by atoms with van der Waals surface area (Å²) in [7, 11) is 0. The van der Waals surface area contributed by atoms with E-state index in [1.54, 1.807) is 0 Å². The van der Waals surface area contributed by atoms with Crippen molar-refractivity contribution in [3.05, 3.63) is 29.7 Å². The Hall–Kier alpha value is -2.18. The number of phenols is 1. The van der Waals surface area contributed by atoms with Crippen LogP contribution in [0.2, 0.25) is 0 Å². The Morgan fingerprint density at radius 1 is 1.25 bits per heavy atom. The highest BCUT2D eigenvalue weighted by atomic mass is 19.2. The van der Waals surface area contributed by atoms with Gasteiger partial charge in [0, 0.05) is 6.07 Å². The highest BCUT2D eigenvalue weighted by molar-refractivity contribution is 5.78. The second-order valence-electron chi connectivity index (χ2n) is 3.08. The number of aromatic hydroxyl groups is 1. The molecule has 0 bridgehead atoms. The Bertz CT molecular complexity index is 527. The number of halogens is 3. The Labute approximate surface area is 87.5 Å². The first-order valence-electron chi connectivity index (χ1n) is 4.18. The van der Waals surface area contributed by atoms with Crippen molar-refractivity contribution >= 4 is 5.82 Å². The highest BCUT2D eigenvalue weighted by Gasteiger charge is 2.22. The summed E-state index contributed by atoms with van der Waals surface area (Å²) in [5, 5.41) is 15.1. The number of hydrogen-bond donors (Lipinski definition) is 3. The number of H-pyrrole nitrogens is 1. The molecule has 0 aliphatic heterocycles. The van der Waals surface area contributed by atoms with Gasteiger partial charge in [0.2, 0.25) is 0 Å². The smallest absolute Gasteiger partial charge is 0.170 e. The standard InChI is InChI=1S/C9H6F3N3O/c10-4-1-5(11)8(16)6(7(4)12)3-2-14-15-9(3)13/h1-2,16H,(H3,13,14,15). The minimum absolute atomic E-state index is 0.0980. The minimum Gasteiger partial charge on any atom is -0.504 e. The predicted octanol–water partition coefficient (Wildman–Crippen LogP) is 1.78. The van der Waals surface area contributed by atoms with Gasteiger partial charge in [-0.25, -0.2) is 13.2 Å². The van der Waals surface area contributed by atoms with Gasteiger partial charge in [0.05, 0.1) is 17.3 Å². The zero-order chi connectivity index (χ0) is 11.9.